The minimum Gasteiger partial charge on any atom is -0.354 e. The molecule has 1 saturated heterocycles. The van der Waals surface area contributed by atoms with E-state index in [1.165, 1.54) is 0 Å². The van der Waals surface area contributed by atoms with Crippen molar-refractivity contribution < 1.29 is 9.59 Å². The van der Waals surface area contributed by atoms with Gasteiger partial charge in [-0.1, -0.05) is 12.8 Å². The third kappa shape index (κ3) is 2.21. The first-order valence-electron chi connectivity index (χ1n) is 7.33. The molecule has 0 bridgehead atoms. The van der Waals surface area contributed by atoms with Gasteiger partial charge in [0.15, 0.2) is 0 Å². The van der Waals surface area contributed by atoms with Gasteiger partial charge in [-0.25, -0.2) is 0 Å². The largest absolute Gasteiger partial charge is 0.354 e. The lowest BCUT2D eigenvalue weighted by molar-refractivity contribution is -0.127. The molecule has 2 heterocycles. The quantitative estimate of drug-likeness (QED) is 0.816. The van der Waals surface area contributed by atoms with Gasteiger partial charge in [-0.05, 0) is 38.3 Å². The molecule has 1 aromatic rings. The molecule has 5 heteroatoms. The summed E-state index contributed by atoms with van der Waals surface area (Å²) < 4.78 is 0. The summed E-state index contributed by atoms with van der Waals surface area (Å²) in [6.07, 6.45) is 4.21. The van der Waals surface area contributed by atoms with E-state index in [2.05, 4.69) is 10.3 Å². The molecule has 108 valence electrons. The van der Waals surface area contributed by atoms with Crippen LogP contribution in [-0.4, -0.2) is 40.3 Å². The van der Waals surface area contributed by atoms with Crippen LogP contribution in [0.2, 0.25) is 0 Å². The minimum atomic E-state index is -0.0395. The molecule has 1 aliphatic carbocycles. The SMILES string of the molecule is Cc1cc(C)c(C(=O)N2CC(=O)N[C@@H]3CCCC[C@@H]32)[nH]1. The zero-order chi connectivity index (χ0) is 14.3. The highest BCUT2D eigenvalue weighted by Gasteiger charge is 2.39. The van der Waals surface area contributed by atoms with Crippen molar-refractivity contribution in [3.63, 3.8) is 0 Å². The lowest BCUT2D eigenvalue weighted by atomic mass is 9.87. The van der Waals surface area contributed by atoms with Crippen LogP contribution >= 0.6 is 0 Å². The van der Waals surface area contributed by atoms with E-state index < -0.39 is 0 Å². The predicted molar refractivity (Wildman–Crippen MR) is 75.5 cm³/mol. The number of aromatic amines is 1. The summed E-state index contributed by atoms with van der Waals surface area (Å²) in [7, 11) is 0. The van der Waals surface area contributed by atoms with E-state index in [0.717, 1.165) is 36.9 Å². The zero-order valence-electron chi connectivity index (χ0n) is 12.0. The first-order chi connectivity index (χ1) is 9.56. The van der Waals surface area contributed by atoms with Crippen molar-refractivity contribution >= 4 is 11.8 Å². The minimum absolute atomic E-state index is 0.0394. The molecule has 0 unspecified atom stereocenters. The molecule has 2 N–H and O–H groups in total. The van der Waals surface area contributed by atoms with Gasteiger partial charge in [-0.3, -0.25) is 9.59 Å². The van der Waals surface area contributed by atoms with Crippen molar-refractivity contribution in [2.24, 2.45) is 0 Å². The predicted octanol–water partition coefficient (Wildman–Crippen LogP) is 1.51. The fourth-order valence-electron chi connectivity index (χ4n) is 3.49. The Kier molecular flexibility index (Phi) is 3.28. The summed E-state index contributed by atoms with van der Waals surface area (Å²) in [5.74, 6) is -0.0789. The van der Waals surface area contributed by atoms with Crippen LogP contribution < -0.4 is 5.32 Å². The fourth-order valence-corrected chi connectivity index (χ4v) is 3.49. The Bertz CT molecular complexity index is 549. The number of carbonyl (C=O) groups excluding carboxylic acids is 2. The monoisotopic (exact) mass is 275 g/mol. The maximum Gasteiger partial charge on any atom is 0.271 e. The Hall–Kier alpha value is -1.78. The van der Waals surface area contributed by atoms with Crippen molar-refractivity contribution in [3.05, 3.63) is 23.0 Å². The molecule has 2 atom stereocenters. The topological polar surface area (TPSA) is 65.2 Å². The normalized spacial score (nSPS) is 26.1. The van der Waals surface area contributed by atoms with Crippen LogP contribution in [0.5, 0.6) is 0 Å². The molecule has 1 aromatic heterocycles. The second kappa shape index (κ2) is 4.96. The number of carbonyl (C=O) groups is 2. The van der Waals surface area contributed by atoms with Crippen molar-refractivity contribution in [2.75, 3.05) is 6.54 Å². The van der Waals surface area contributed by atoms with Gasteiger partial charge in [0.1, 0.15) is 12.2 Å². The van der Waals surface area contributed by atoms with Crippen molar-refractivity contribution in [2.45, 2.75) is 51.6 Å². The van der Waals surface area contributed by atoms with Gasteiger partial charge in [-0.2, -0.15) is 0 Å². The number of amides is 2. The molecular formula is C15H21N3O2. The molecule has 2 amide bonds. The summed E-state index contributed by atoms with van der Waals surface area (Å²) in [6, 6.07) is 2.25. The standard InChI is InChI=1S/C15H21N3O2/c1-9-7-10(2)16-14(9)15(20)18-8-13(19)17-11-5-3-4-6-12(11)18/h7,11-12,16H,3-6,8H2,1-2H3,(H,17,19)/t11-,12+/m1/s1. The lowest BCUT2D eigenvalue weighted by Gasteiger charge is -2.43. The Balaban J connectivity index is 1.88. The van der Waals surface area contributed by atoms with E-state index >= 15 is 0 Å². The maximum absolute atomic E-state index is 12.7. The van der Waals surface area contributed by atoms with Gasteiger partial charge in [0.2, 0.25) is 5.91 Å². The van der Waals surface area contributed by atoms with Crippen molar-refractivity contribution in [1.82, 2.24) is 15.2 Å². The number of fused-ring (bicyclic) bond motifs is 1. The number of hydrogen-bond donors (Lipinski definition) is 2. The highest BCUT2D eigenvalue weighted by molar-refractivity contribution is 5.97. The molecule has 1 saturated carbocycles. The van der Waals surface area contributed by atoms with Gasteiger partial charge in [0, 0.05) is 11.7 Å². The second-order valence-electron chi connectivity index (χ2n) is 5.97. The molecule has 0 spiro atoms. The Morgan fingerprint density at radius 2 is 2.05 bits per heavy atom. The third-order valence-electron chi connectivity index (χ3n) is 4.41. The molecule has 2 aliphatic rings. The Morgan fingerprint density at radius 3 is 2.75 bits per heavy atom. The number of nitrogens with zero attached hydrogens (tertiary/aromatic N) is 1. The first-order valence-corrected chi connectivity index (χ1v) is 7.33. The van der Waals surface area contributed by atoms with Gasteiger partial charge >= 0.3 is 0 Å². The first kappa shape index (κ1) is 13.2. The number of H-pyrrole nitrogens is 1. The average Bonchev–Trinajstić information content (AvgIpc) is 2.76. The highest BCUT2D eigenvalue weighted by atomic mass is 16.2. The summed E-state index contributed by atoms with van der Waals surface area (Å²) in [5, 5.41) is 3.03. The van der Waals surface area contributed by atoms with Crippen molar-refractivity contribution in [3.8, 4) is 0 Å². The average molecular weight is 275 g/mol. The third-order valence-corrected chi connectivity index (χ3v) is 4.41. The summed E-state index contributed by atoms with van der Waals surface area (Å²) in [4.78, 5) is 29.5. The molecule has 5 nitrogen and oxygen atoms in total. The Morgan fingerprint density at radius 1 is 1.30 bits per heavy atom. The van der Waals surface area contributed by atoms with Gasteiger partial charge < -0.3 is 15.2 Å². The molecule has 0 aromatic carbocycles. The lowest BCUT2D eigenvalue weighted by Crippen LogP contribution is -2.63. The van der Waals surface area contributed by atoms with E-state index in [9.17, 15) is 9.59 Å². The van der Waals surface area contributed by atoms with E-state index in [1.807, 2.05) is 19.9 Å². The summed E-state index contributed by atoms with van der Waals surface area (Å²) in [5.41, 5.74) is 2.56. The number of aromatic nitrogens is 1. The van der Waals surface area contributed by atoms with Gasteiger partial charge in [0.05, 0.1) is 6.04 Å². The van der Waals surface area contributed by atoms with E-state index in [-0.39, 0.29) is 30.4 Å². The van der Waals surface area contributed by atoms with Crippen LogP contribution in [-0.2, 0) is 4.79 Å². The van der Waals surface area contributed by atoms with Crippen LogP contribution in [0.15, 0.2) is 6.07 Å². The number of aryl methyl sites for hydroxylation is 2. The Labute approximate surface area is 118 Å². The summed E-state index contributed by atoms with van der Waals surface area (Å²) in [6.45, 7) is 4.05. The maximum atomic E-state index is 12.7. The number of hydrogen-bond acceptors (Lipinski definition) is 2. The van der Waals surface area contributed by atoms with Crippen LogP contribution in [0.1, 0.15) is 47.4 Å². The molecule has 3 rings (SSSR count). The van der Waals surface area contributed by atoms with E-state index in [4.69, 9.17) is 0 Å². The van der Waals surface area contributed by atoms with Gasteiger partial charge in [0.25, 0.3) is 5.91 Å². The van der Waals surface area contributed by atoms with Crippen LogP contribution in [0.4, 0.5) is 0 Å². The smallest absolute Gasteiger partial charge is 0.271 e. The van der Waals surface area contributed by atoms with E-state index in [0.29, 0.717) is 5.69 Å². The van der Waals surface area contributed by atoms with Crippen LogP contribution in [0.25, 0.3) is 0 Å². The zero-order valence-corrected chi connectivity index (χ0v) is 12.0. The fraction of sp³-hybridized carbons (Fsp3) is 0.600. The molecule has 2 fully saturated rings. The molecule has 0 radical (unpaired) electrons. The molecular weight excluding hydrogens is 254 g/mol. The van der Waals surface area contributed by atoms with Crippen LogP contribution in [0.3, 0.4) is 0 Å². The van der Waals surface area contributed by atoms with E-state index in [1.54, 1.807) is 4.90 Å². The number of nitrogens with one attached hydrogen (secondary N) is 2. The summed E-state index contributed by atoms with van der Waals surface area (Å²) >= 11 is 0. The highest BCUT2D eigenvalue weighted by Crippen LogP contribution is 2.27. The number of piperazine rings is 1. The number of rotatable bonds is 1. The molecule has 1 aliphatic heterocycles. The molecule has 20 heavy (non-hydrogen) atoms. The van der Waals surface area contributed by atoms with Gasteiger partial charge in [-0.15, -0.1) is 0 Å². The second-order valence-corrected chi connectivity index (χ2v) is 5.97. The van der Waals surface area contributed by atoms with Crippen LogP contribution in [0, 0.1) is 13.8 Å². The van der Waals surface area contributed by atoms with Crippen molar-refractivity contribution in [1.29, 1.82) is 0 Å².